The third-order valence-electron chi connectivity index (χ3n) is 5.75. The van der Waals surface area contributed by atoms with E-state index in [2.05, 4.69) is 15.0 Å². The van der Waals surface area contributed by atoms with Crippen molar-refractivity contribution >= 4 is 22.5 Å². The van der Waals surface area contributed by atoms with E-state index in [0.717, 1.165) is 23.7 Å². The Kier molecular flexibility index (Phi) is 5.51. The topological polar surface area (TPSA) is 45.2 Å². The van der Waals surface area contributed by atoms with Crippen molar-refractivity contribution in [1.29, 1.82) is 0 Å². The summed E-state index contributed by atoms with van der Waals surface area (Å²) in [6, 6.07) is 13.6. The summed E-state index contributed by atoms with van der Waals surface area (Å²) < 4.78 is 66.7. The summed E-state index contributed by atoms with van der Waals surface area (Å²) in [7, 11) is 0. The van der Waals surface area contributed by atoms with Crippen molar-refractivity contribution in [1.82, 2.24) is 15.0 Å². The van der Waals surface area contributed by atoms with Gasteiger partial charge in [-0.2, -0.15) is 13.2 Å². The maximum Gasteiger partial charge on any atom is 0.417 e. The minimum atomic E-state index is -4.43. The van der Waals surface area contributed by atoms with Crippen LogP contribution in [0.15, 0.2) is 60.8 Å². The molecule has 2 aromatic heterocycles. The molecule has 0 N–H and O–H groups in total. The summed E-state index contributed by atoms with van der Waals surface area (Å²) in [6.45, 7) is 2.02. The Morgan fingerprint density at radius 1 is 0.765 bits per heavy atom. The van der Waals surface area contributed by atoms with Gasteiger partial charge in [0.05, 0.1) is 16.6 Å². The monoisotopic (exact) mass is 471 g/mol. The van der Waals surface area contributed by atoms with Crippen LogP contribution in [0.1, 0.15) is 5.56 Å². The number of piperazine rings is 1. The molecule has 2 aromatic carbocycles. The van der Waals surface area contributed by atoms with Gasteiger partial charge in [0.15, 0.2) is 17.5 Å². The van der Waals surface area contributed by atoms with E-state index in [9.17, 15) is 22.0 Å². The molecule has 5 nitrogen and oxygen atoms in total. The molecule has 1 saturated heterocycles. The van der Waals surface area contributed by atoms with Crippen molar-refractivity contribution in [2.45, 2.75) is 6.18 Å². The number of fused-ring (bicyclic) bond motifs is 1. The first-order chi connectivity index (χ1) is 16.3. The van der Waals surface area contributed by atoms with Crippen molar-refractivity contribution < 1.29 is 22.0 Å². The Bertz CT molecular complexity index is 1330. The van der Waals surface area contributed by atoms with Crippen LogP contribution in [-0.2, 0) is 6.18 Å². The van der Waals surface area contributed by atoms with Gasteiger partial charge in [-0.1, -0.05) is 18.2 Å². The molecule has 3 heterocycles. The Labute approximate surface area is 191 Å². The first kappa shape index (κ1) is 22.0. The fraction of sp³-hybridized carbons (Fsp3) is 0.208. The maximum absolute atomic E-state index is 14.4. The fourth-order valence-corrected chi connectivity index (χ4v) is 3.99. The molecule has 10 heteroatoms. The first-order valence-electron chi connectivity index (χ1n) is 10.6. The highest BCUT2D eigenvalue weighted by atomic mass is 19.4. The van der Waals surface area contributed by atoms with Crippen LogP contribution < -0.4 is 9.80 Å². The van der Waals surface area contributed by atoms with E-state index in [-0.39, 0.29) is 11.4 Å². The average Bonchev–Trinajstić information content (AvgIpc) is 2.85. The van der Waals surface area contributed by atoms with Crippen LogP contribution in [0.2, 0.25) is 0 Å². The molecule has 1 aliphatic rings. The molecule has 174 valence electrons. The molecule has 0 spiro atoms. The third kappa shape index (κ3) is 4.11. The summed E-state index contributed by atoms with van der Waals surface area (Å²) in [5.41, 5.74) is -0.225. The standard InChI is InChI=1S/C24H18F5N5/c25-18-6-3-5-17(21(18)26)22-31-19-7-2-1-4-16(19)23(32-22)34-12-10-33(11-13-34)20-9-8-15(14-30-20)24(27,28)29/h1-9,14H,10-13H2. The van der Waals surface area contributed by atoms with Crippen molar-refractivity contribution in [2.24, 2.45) is 0 Å². The predicted molar refractivity (Wildman–Crippen MR) is 119 cm³/mol. The van der Waals surface area contributed by atoms with Crippen LogP contribution in [-0.4, -0.2) is 41.1 Å². The van der Waals surface area contributed by atoms with Gasteiger partial charge in [0, 0.05) is 37.8 Å². The molecule has 0 unspecified atom stereocenters. The van der Waals surface area contributed by atoms with E-state index < -0.39 is 23.4 Å². The number of benzene rings is 2. The molecule has 1 fully saturated rings. The molecule has 4 aromatic rings. The normalized spacial score (nSPS) is 14.6. The summed E-state index contributed by atoms with van der Waals surface area (Å²) in [4.78, 5) is 16.9. The van der Waals surface area contributed by atoms with Gasteiger partial charge in [-0.05, 0) is 36.4 Å². The molecule has 0 amide bonds. The highest BCUT2D eigenvalue weighted by Gasteiger charge is 2.31. The lowest BCUT2D eigenvalue weighted by atomic mass is 10.1. The van der Waals surface area contributed by atoms with Crippen LogP contribution in [0, 0.1) is 11.6 Å². The SMILES string of the molecule is Fc1cccc(-c2nc(N3CCN(c4ccc(C(F)(F)F)cn4)CC3)c3ccccc3n2)c1F. The van der Waals surface area contributed by atoms with Gasteiger partial charge in [-0.25, -0.2) is 23.7 Å². The lowest BCUT2D eigenvalue weighted by molar-refractivity contribution is -0.137. The number of rotatable bonds is 3. The van der Waals surface area contributed by atoms with E-state index >= 15 is 0 Å². The third-order valence-corrected chi connectivity index (χ3v) is 5.75. The Balaban J connectivity index is 1.43. The second kappa shape index (κ2) is 8.51. The molecule has 0 bridgehead atoms. The highest BCUT2D eigenvalue weighted by molar-refractivity contribution is 5.91. The molecule has 0 aliphatic carbocycles. The molecule has 0 atom stereocenters. The van der Waals surface area contributed by atoms with Gasteiger partial charge >= 0.3 is 6.18 Å². The van der Waals surface area contributed by atoms with Crippen LogP contribution in [0.3, 0.4) is 0 Å². The molecule has 0 saturated carbocycles. The Morgan fingerprint density at radius 2 is 1.50 bits per heavy atom. The van der Waals surface area contributed by atoms with Gasteiger partial charge in [0.2, 0.25) is 0 Å². The number of hydrogen-bond donors (Lipinski definition) is 0. The maximum atomic E-state index is 14.4. The quantitative estimate of drug-likeness (QED) is 0.379. The van der Waals surface area contributed by atoms with Crippen molar-refractivity contribution in [3.63, 3.8) is 0 Å². The van der Waals surface area contributed by atoms with E-state index in [1.54, 1.807) is 12.1 Å². The van der Waals surface area contributed by atoms with Crippen molar-refractivity contribution in [3.05, 3.63) is 78.0 Å². The van der Waals surface area contributed by atoms with Gasteiger partial charge in [0.1, 0.15) is 11.6 Å². The van der Waals surface area contributed by atoms with Crippen molar-refractivity contribution in [2.75, 3.05) is 36.0 Å². The number of alkyl halides is 3. The Morgan fingerprint density at radius 3 is 2.21 bits per heavy atom. The van der Waals surface area contributed by atoms with E-state index in [1.165, 1.54) is 18.2 Å². The zero-order chi connectivity index (χ0) is 23.9. The molecule has 1 aliphatic heterocycles. The molecular formula is C24H18F5N5. The smallest absolute Gasteiger partial charge is 0.353 e. The number of aromatic nitrogens is 3. The van der Waals surface area contributed by atoms with Crippen molar-refractivity contribution in [3.8, 4) is 11.4 Å². The number of hydrogen-bond acceptors (Lipinski definition) is 5. The number of halogens is 5. The average molecular weight is 471 g/mol. The fourth-order valence-electron chi connectivity index (χ4n) is 3.99. The number of anilines is 2. The van der Waals surface area contributed by atoms with Gasteiger partial charge in [-0.15, -0.1) is 0 Å². The largest absolute Gasteiger partial charge is 0.417 e. The number of nitrogens with zero attached hydrogens (tertiary/aromatic N) is 5. The first-order valence-corrected chi connectivity index (χ1v) is 10.6. The summed E-state index contributed by atoms with van der Waals surface area (Å²) in [5, 5.41) is 0.768. The predicted octanol–water partition coefficient (Wildman–Crippen LogP) is 5.32. The zero-order valence-corrected chi connectivity index (χ0v) is 17.7. The Hall–Kier alpha value is -3.82. The van der Waals surface area contributed by atoms with Crippen LogP contribution in [0.4, 0.5) is 33.6 Å². The minimum absolute atomic E-state index is 0.0282. The highest BCUT2D eigenvalue weighted by Crippen LogP contribution is 2.32. The van der Waals surface area contributed by atoms with Crippen LogP contribution in [0.25, 0.3) is 22.3 Å². The van der Waals surface area contributed by atoms with Crippen LogP contribution in [0.5, 0.6) is 0 Å². The summed E-state index contributed by atoms with van der Waals surface area (Å²) in [5.74, 6) is -0.861. The summed E-state index contributed by atoms with van der Waals surface area (Å²) in [6.07, 6.45) is -3.60. The number of pyridine rings is 1. The minimum Gasteiger partial charge on any atom is -0.353 e. The lowest BCUT2D eigenvalue weighted by Crippen LogP contribution is -2.47. The van der Waals surface area contributed by atoms with Crippen LogP contribution >= 0.6 is 0 Å². The molecule has 5 rings (SSSR count). The summed E-state index contributed by atoms with van der Waals surface area (Å²) >= 11 is 0. The van der Waals surface area contributed by atoms with E-state index in [4.69, 9.17) is 0 Å². The second-order valence-corrected chi connectivity index (χ2v) is 7.87. The number of para-hydroxylation sites is 1. The van der Waals surface area contributed by atoms with E-state index in [0.29, 0.717) is 43.3 Å². The van der Waals surface area contributed by atoms with Gasteiger partial charge < -0.3 is 9.80 Å². The molecule has 34 heavy (non-hydrogen) atoms. The molecular weight excluding hydrogens is 453 g/mol. The van der Waals surface area contributed by atoms with E-state index in [1.807, 2.05) is 21.9 Å². The van der Waals surface area contributed by atoms with Gasteiger partial charge in [-0.3, -0.25) is 0 Å². The molecule has 0 radical (unpaired) electrons. The lowest BCUT2D eigenvalue weighted by Gasteiger charge is -2.36. The van der Waals surface area contributed by atoms with Gasteiger partial charge in [0.25, 0.3) is 0 Å². The second-order valence-electron chi connectivity index (χ2n) is 7.87. The zero-order valence-electron chi connectivity index (χ0n) is 17.7.